The molecule has 3 nitrogen and oxygen atoms in total. The number of nitrogens with zero attached hydrogens (tertiary/aromatic N) is 1. The second-order valence-corrected chi connectivity index (χ2v) is 3.66. The Hall–Kier alpha value is -1.46. The molecule has 0 amide bonds. The lowest BCUT2D eigenvalue weighted by Crippen LogP contribution is -2.21. The predicted molar refractivity (Wildman–Crippen MR) is 58.5 cm³/mol. The molecule has 0 aliphatic carbocycles. The average Bonchev–Trinajstić information content (AvgIpc) is 2.20. The first-order valence-electron chi connectivity index (χ1n) is 5.12. The number of carboxylic acids is 1. The number of rotatable bonds is 6. The summed E-state index contributed by atoms with van der Waals surface area (Å²) in [6, 6.07) is 0. The smallest absolute Gasteiger partial charge is 0.416 e. The van der Waals surface area contributed by atoms with E-state index in [0.29, 0.717) is 6.54 Å². The molecule has 0 aliphatic rings. The summed E-state index contributed by atoms with van der Waals surface area (Å²) in [5.74, 6) is -1.63. The SMILES string of the molecule is C=C(/C(=C\N(C)CCCC)C(=O)O)C(F)(F)F. The fraction of sp³-hybridized carbons (Fsp3) is 0.545. The molecule has 0 saturated carbocycles. The first-order chi connectivity index (χ1) is 7.70. The second kappa shape index (κ2) is 6.32. The average molecular weight is 251 g/mol. The van der Waals surface area contributed by atoms with Gasteiger partial charge in [0.2, 0.25) is 0 Å². The molecular weight excluding hydrogens is 235 g/mol. The lowest BCUT2D eigenvalue weighted by molar-refractivity contribution is -0.134. The number of hydrogen-bond donors (Lipinski definition) is 1. The zero-order valence-corrected chi connectivity index (χ0v) is 9.84. The van der Waals surface area contributed by atoms with E-state index in [0.717, 1.165) is 19.0 Å². The van der Waals surface area contributed by atoms with Gasteiger partial charge < -0.3 is 10.0 Å². The number of alkyl halides is 3. The monoisotopic (exact) mass is 251 g/mol. The Bertz CT molecular complexity index is 321. The van der Waals surface area contributed by atoms with Gasteiger partial charge >= 0.3 is 12.1 Å². The first kappa shape index (κ1) is 15.5. The van der Waals surface area contributed by atoms with Gasteiger partial charge in [-0.15, -0.1) is 0 Å². The molecule has 0 aromatic carbocycles. The standard InChI is InChI=1S/C11H16F3NO2/c1-4-5-6-15(3)7-9(10(16)17)8(2)11(12,13)14/h7H,2,4-6H2,1,3H3,(H,16,17)/b9-7+. The molecule has 0 fully saturated rings. The van der Waals surface area contributed by atoms with Gasteiger partial charge in [0.15, 0.2) is 0 Å². The highest BCUT2D eigenvalue weighted by molar-refractivity contribution is 5.91. The molecule has 0 unspecified atom stereocenters. The van der Waals surface area contributed by atoms with Crippen molar-refractivity contribution in [2.24, 2.45) is 0 Å². The number of halogens is 3. The van der Waals surface area contributed by atoms with E-state index in [9.17, 15) is 18.0 Å². The third-order valence-corrected chi connectivity index (χ3v) is 2.11. The number of unbranched alkanes of at least 4 members (excludes halogenated alkanes) is 1. The van der Waals surface area contributed by atoms with E-state index in [4.69, 9.17) is 5.11 Å². The quantitative estimate of drug-likeness (QED) is 0.583. The summed E-state index contributed by atoms with van der Waals surface area (Å²) in [4.78, 5) is 12.2. The van der Waals surface area contributed by atoms with Gasteiger partial charge in [-0.05, 0) is 6.42 Å². The minimum absolute atomic E-state index is 0.498. The van der Waals surface area contributed by atoms with Gasteiger partial charge in [0.05, 0.1) is 11.1 Å². The lowest BCUT2D eigenvalue weighted by atomic mass is 10.1. The fourth-order valence-corrected chi connectivity index (χ4v) is 1.11. The van der Waals surface area contributed by atoms with Crippen LogP contribution in [-0.4, -0.2) is 35.7 Å². The minimum atomic E-state index is -4.73. The van der Waals surface area contributed by atoms with Gasteiger partial charge in [-0.25, -0.2) is 4.79 Å². The van der Waals surface area contributed by atoms with Crippen molar-refractivity contribution in [2.45, 2.75) is 25.9 Å². The fourth-order valence-electron chi connectivity index (χ4n) is 1.11. The van der Waals surface area contributed by atoms with Crippen molar-refractivity contribution in [3.8, 4) is 0 Å². The van der Waals surface area contributed by atoms with E-state index < -0.39 is 23.3 Å². The van der Waals surface area contributed by atoms with Crippen molar-refractivity contribution in [3.05, 3.63) is 23.9 Å². The summed E-state index contributed by atoms with van der Waals surface area (Å²) in [6.45, 7) is 5.21. The summed E-state index contributed by atoms with van der Waals surface area (Å²) >= 11 is 0. The van der Waals surface area contributed by atoms with E-state index in [1.807, 2.05) is 6.92 Å². The van der Waals surface area contributed by atoms with E-state index >= 15 is 0 Å². The van der Waals surface area contributed by atoms with E-state index in [2.05, 4.69) is 6.58 Å². The molecule has 6 heteroatoms. The van der Waals surface area contributed by atoms with Crippen LogP contribution in [0.5, 0.6) is 0 Å². The van der Waals surface area contributed by atoms with Crippen LogP contribution in [-0.2, 0) is 4.79 Å². The van der Waals surface area contributed by atoms with Crippen LogP contribution in [0.15, 0.2) is 23.9 Å². The van der Waals surface area contributed by atoms with E-state index in [1.54, 1.807) is 0 Å². The molecule has 0 rings (SSSR count). The van der Waals surface area contributed by atoms with Crippen molar-refractivity contribution in [1.29, 1.82) is 0 Å². The lowest BCUT2D eigenvalue weighted by Gasteiger charge is -2.17. The van der Waals surface area contributed by atoms with E-state index in [-0.39, 0.29) is 0 Å². The Morgan fingerprint density at radius 2 is 2.00 bits per heavy atom. The van der Waals surface area contributed by atoms with Crippen molar-refractivity contribution in [3.63, 3.8) is 0 Å². The van der Waals surface area contributed by atoms with Crippen LogP contribution in [0, 0.1) is 0 Å². The molecule has 0 spiro atoms. The number of hydrogen-bond acceptors (Lipinski definition) is 2. The number of carboxylic acid groups (broad SMARTS) is 1. The first-order valence-corrected chi connectivity index (χ1v) is 5.12. The molecular formula is C11H16F3NO2. The molecule has 0 aliphatic heterocycles. The molecule has 0 aromatic heterocycles. The molecule has 17 heavy (non-hydrogen) atoms. The van der Waals surface area contributed by atoms with Gasteiger partial charge in [-0.1, -0.05) is 19.9 Å². The van der Waals surface area contributed by atoms with Gasteiger partial charge in [0.25, 0.3) is 0 Å². The van der Waals surface area contributed by atoms with Crippen LogP contribution in [0.3, 0.4) is 0 Å². The highest BCUT2D eigenvalue weighted by atomic mass is 19.4. The van der Waals surface area contributed by atoms with Gasteiger partial charge in [0, 0.05) is 19.8 Å². The zero-order chi connectivity index (χ0) is 13.6. The normalized spacial score (nSPS) is 12.4. The van der Waals surface area contributed by atoms with Gasteiger partial charge in [-0.3, -0.25) is 0 Å². The molecule has 0 atom stereocenters. The minimum Gasteiger partial charge on any atom is -0.478 e. The van der Waals surface area contributed by atoms with Crippen molar-refractivity contribution in [2.75, 3.05) is 13.6 Å². The Morgan fingerprint density at radius 1 is 1.47 bits per heavy atom. The highest BCUT2D eigenvalue weighted by Crippen LogP contribution is 2.29. The Balaban J connectivity index is 4.92. The second-order valence-electron chi connectivity index (χ2n) is 3.66. The highest BCUT2D eigenvalue weighted by Gasteiger charge is 2.36. The molecule has 0 aromatic rings. The Labute approximate surface area is 98.2 Å². The van der Waals surface area contributed by atoms with Crippen molar-refractivity contribution >= 4 is 5.97 Å². The van der Waals surface area contributed by atoms with E-state index in [1.165, 1.54) is 11.9 Å². The maximum Gasteiger partial charge on any atom is 0.416 e. The summed E-state index contributed by atoms with van der Waals surface area (Å²) in [7, 11) is 1.53. The molecule has 0 radical (unpaired) electrons. The van der Waals surface area contributed by atoms with Crippen molar-refractivity contribution < 1.29 is 23.1 Å². The van der Waals surface area contributed by atoms with Gasteiger partial charge in [-0.2, -0.15) is 13.2 Å². The number of aliphatic carboxylic acids is 1. The molecule has 0 bridgehead atoms. The van der Waals surface area contributed by atoms with Crippen LogP contribution in [0.25, 0.3) is 0 Å². The summed E-state index contributed by atoms with van der Waals surface area (Å²) in [5.41, 5.74) is -2.16. The van der Waals surface area contributed by atoms with Crippen LogP contribution in [0.1, 0.15) is 19.8 Å². The van der Waals surface area contributed by atoms with Crippen LogP contribution < -0.4 is 0 Å². The third-order valence-electron chi connectivity index (χ3n) is 2.11. The predicted octanol–water partition coefficient (Wildman–Crippen LogP) is 2.81. The van der Waals surface area contributed by atoms with Gasteiger partial charge in [0.1, 0.15) is 0 Å². The van der Waals surface area contributed by atoms with Crippen LogP contribution in [0.4, 0.5) is 13.2 Å². The summed E-state index contributed by atoms with van der Waals surface area (Å²) in [6.07, 6.45) is -2.11. The molecule has 0 saturated heterocycles. The summed E-state index contributed by atoms with van der Waals surface area (Å²) in [5, 5.41) is 8.73. The largest absolute Gasteiger partial charge is 0.478 e. The molecule has 98 valence electrons. The number of carbonyl (C=O) groups is 1. The van der Waals surface area contributed by atoms with Crippen LogP contribution in [0.2, 0.25) is 0 Å². The van der Waals surface area contributed by atoms with Crippen molar-refractivity contribution in [1.82, 2.24) is 4.90 Å². The Morgan fingerprint density at radius 3 is 2.35 bits per heavy atom. The molecule has 0 heterocycles. The molecule has 1 N–H and O–H groups in total. The Kier molecular flexibility index (Phi) is 5.78. The summed E-state index contributed by atoms with van der Waals surface area (Å²) < 4.78 is 37.0. The van der Waals surface area contributed by atoms with Crippen LogP contribution >= 0.6 is 0 Å². The topological polar surface area (TPSA) is 40.5 Å². The maximum absolute atomic E-state index is 12.3. The maximum atomic E-state index is 12.3. The zero-order valence-electron chi connectivity index (χ0n) is 9.84. The third kappa shape index (κ3) is 5.42.